The lowest BCUT2D eigenvalue weighted by Crippen LogP contribution is -2.33. The zero-order valence-corrected chi connectivity index (χ0v) is 13.3. The van der Waals surface area contributed by atoms with Crippen LogP contribution in [0.25, 0.3) is 0 Å². The lowest BCUT2D eigenvalue weighted by Gasteiger charge is -2.13. The van der Waals surface area contributed by atoms with E-state index in [1.807, 2.05) is 0 Å². The molecule has 0 saturated heterocycles. The number of ether oxygens (including phenoxy) is 2. The monoisotopic (exact) mass is 310 g/mol. The lowest BCUT2D eigenvalue weighted by atomic mass is 10.1. The van der Waals surface area contributed by atoms with Crippen LogP contribution in [-0.4, -0.2) is 50.8 Å². The second-order valence-corrected chi connectivity index (χ2v) is 5.17. The van der Waals surface area contributed by atoms with Crippen molar-refractivity contribution in [1.82, 2.24) is 10.6 Å². The van der Waals surface area contributed by atoms with Gasteiger partial charge < -0.3 is 20.1 Å². The molecule has 1 aliphatic carbocycles. The van der Waals surface area contributed by atoms with E-state index in [1.54, 1.807) is 0 Å². The molecule has 22 heavy (non-hydrogen) atoms. The van der Waals surface area contributed by atoms with Crippen molar-refractivity contribution in [1.29, 1.82) is 0 Å². The summed E-state index contributed by atoms with van der Waals surface area (Å²) in [5.74, 6) is 5.91. The van der Waals surface area contributed by atoms with Gasteiger partial charge in [0, 0.05) is 26.4 Å². The van der Waals surface area contributed by atoms with E-state index in [1.165, 1.54) is 13.3 Å². The number of nitrogens with one attached hydrogen (secondary N) is 2. The van der Waals surface area contributed by atoms with Crippen molar-refractivity contribution in [3.8, 4) is 11.8 Å². The maximum atomic E-state index is 11.6. The third kappa shape index (κ3) is 10.2. The normalized spacial score (nSPS) is 17.6. The highest BCUT2D eigenvalue weighted by Gasteiger charge is 2.09. The van der Waals surface area contributed by atoms with E-state index < -0.39 is 0 Å². The third-order valence-electron chi connectivity index (χ3n) is 3.14. The molecule has 0 bridgehead atoms. The summed E-state index contributed by atoms with van der Waals surface area (Å²) in [6.45, 7) is 3.25. The Labute approximate surface area is 132 Å². The molecule has 1 atom stereocenters. The van der Waals surface area contributed by atoms with Gasteiger partial charge >= 0.3 is 0 Å². The molecule has 0 aliphatic heterocycles. The summed E-state index contributed by atoms with van der Waals surface area (Å²) >= 11 is 0. The van der Waals surface area contributed by atoms with Gasteiger partial charge in [-0.3, -0.25) is 9.59 Å². The smallest absolute Gasteiger partial charge is 0.246 e. The van der Waals surface area contributed by atoms with Crippen molar-refractivity contribution in [3.63, 3.8) is 0 Å². The largest absolute Gasteiger partial charge is 0.378 e. The van der Waals surface area contributed by atoms with Crippen molar-refractivity contribution in [2.45, 2.75) is 45.1 Å². The third-order valence-corrected chi connectivity index (χ3v) is 3.14. The van der Waals surface area contributed by atoms with Crippen LogP contribution in [0.2, 0.25) is 0 Å². The molecule has 0 fully saturated rings. The van der Waals surface area contributed by atoms with Gasteiger partial charge in [0.15, 0.2) is 0 Å². The maximum Gasteiger partial charge on any atom is 0.246 e. The van der Waals surface area contributed by atoms with E-state index in [0.717, 1.165) is 25.7 Å². The van der Waals surface area contributed by atoms with E-state index in [4.69, 9.17) is 9.47 Å². The molecular formula is C16H26N2O4. The van der Waals surface area contributed by atoms with Crippen LogP contribution in [-0.2, 0) is 19.1 Å². The molecule has 0 saturated carbocycles. The van der Waals surface area contributed by atoms with Gasteiger partial charge in [-0.1, -0.05) is 12.3 Å². The fraction of sp³-hybridized carbons (Fsp3) is 0.750. The lowest BCUT2D eigenvalue weighted by molar-refractivity contribution is -0.127. The van der Waals surface area contributed by atoms with Gasteiger partial charge in [0.25, 0.3) is 0 Å². The zero-order chi connectivity index (χ0) is 16.0. The van der Waals surface area contributed by atoms with E-state index in [9.17, 15) is 9.59 Å². The Morgan fingerprint density at radius 1 is 1.14 bits per heavy atom. The molecule has 1 rings (SSSR count). The summed E-state index contributed by atoms with van der Waals surface area (Å²) in [5.41, 5.74) is 0. The number of rotatable bonds is 9. The van der Waals surface area contributed by atoms with E-state index in [-0.39, 0.29) is 24.5 Å². The average molecular weight is 310 g/mol. The van der Waals surface area contributed by atoms with Crippen molar-refractivity contribution < 1.29 is 19.1 Å². The van der Waals surface area contributed by atoms with E-state index >= 15 is 0 Å². The van der Waals surface area contributed by atoms with Crippen LogP contribution in [0.4, 0.5) is 0 Å². The van der Waals surface area contributed by atoms with Crippen molar-refractivity contribution in [2.24, 2.45) is 0 Å². The van der Waals surface area contributed by atoms with Crippen LogP contribution in [0.15, 0.2) is 0 Å². The molecule has 0 aromatic carbocycles. The standard InChI is InChI=1S/C16H26N2O4/c1-14(19)17-9-11-21-12-10-18-16(20)13-22-15-7-5-3-2-4-6-8-15/h15H,2-5,7,9-13H2,1H3,(H,17,19)(H,18,20). The molecular weight excluding hydrogens is 284 g/mol. The van der Waals surface area contributed by atoms with Crippen LogP contribution in [0.1, 0.15) is 39.0 Å². The Morgan fingerprint density at radius 2 is 1.91 bits per heavy atom. The summed E-state index contributed by atoms with van der Waals surface area (Å²) in [5, 5.41) is 5.35. The molecule has 0 heterocycles. The molecule has 2 N–H and O–H groups in total. The molecule has 6 heteroatoms. The van der Waals surface area contributed by atoms with Gasteiger partial charge in [-0.2, -0.15) is 0 Å². The van der Waals surface area contributed by atoms with Gasteiger partial charge in [-0.25, -0.2) is 0 Å². The fourth-order valence-corrected chi connectivity index (χ4v) is 1.99. The summed E-state index contributed by atoms with van der Waals surface area (Å²) in [4.78, 5) is 22.2. The van der Waals surface area contributed by atoms with E-state index in [0.29, 0.717) is 26.3 Å². The van der Waals surface area contributed by atoms with Crippen LogP contribution in [0.5, 0.6) is 0 Å². The molecule has 0 radical (unpaired) electrons. The minimum absolute atomic E-state index is 0.0330. The number of carbonyl (C=O) groups excluding carboxylic acids is 2. The van der Waals surface area contributed by atoms with Crippen molar-refractivity contribution >= 4 is 11.8 Å². The first-order valence-corrected chi connectivity index (χ1v) is 7.87. The highest BCUT2D eigenvalue weighted by molar-refractivity contribution is 5.77. The van der Waals surface area contributed by atoms with Crippen LogP contribution in [0, 0.1) is 11.8 Å². The first kappa shape index (κ1) is 18.5. The average Bonchev–Trinajstić information content (AvgIpc) is 2.44. The molecule has 0 spiro atoms. The Bertz CT molecular complexity index is 401. The van der Waals surface area contributed by atoms with E-state index in [2.05, 4.69) is 22.5 Å². The Hall–Kier alpha value is -1.58. The number of hydrogen-bond donors (Lipinski definition) is 2. The SMILES string of the molecule is CC(=O)NCCOCCNC(=O)COC1C#CCCCCC1. The summed E-state index contributed by atoms with van der Waals surface area (Å²) in [7, 11) is 0. The molecule has 6 nitrogen and oxygen atoms in total. The number of amides is 2. The Balaban J connectivity index is 2.00. The number of carbonyl (C=O) groups is 2. The predicted octanol–water partition coefficient (Wildman–Crippen LogP) is 0.608. The molecule has 1 aliphatic rings. The van der Waals surface area contributed by atoms with Crippen LogP contribution in [0.3, 0.4) is 0 Å². The highest BCUT2D eigenvalue weighted by Crippen LogP contribution is 2.10. The highest BCUT2D eigenvalue weighted by atomic mass is 16.5. The zero-order valence-electron chi connectivity index (χ0n) is 13.3. The van der Waals surface area contributed by atoms with Gasteiger partial charge in [0.05, 0.1) is 13.2 Å². The topological polar surface area (TPSA) is 76.7 Å². The minimum atomic E-state index is -0.158. The van der Waals surface area contributed by atoms with Crippen molar-refractivity contribution in [2.75, 3.05) is 32.9 Å². The first-order valence-electron chi connectivity index (χ1n) is 7.87. The van der Waals surface area contributed by atoms with Crippen LogP contribution < -0.4 is 10.6 Å². The van der Waals surface area contributed by atoms with Gasteiger partial charge in [0.2, 0.25) is 11.8 Å². The predicted molar refractivity (Wildman–Crippen MR) is 83.1 cm³/mol. The first-order chi connectivity index (χ1) is 10.7. The Kier molecular flexibility index (Phi) is 10.1. The molecule has 2 amide bonds. The fourth-order valence-electron chi connectivity index (χ4n) is 1.99. The molecule has 0 aromatic rings. The quantitative estimate of drug-likeness (QED) is 0.483. The van der Waals surface area contributed by atoms with Crippen LogP contribution >= 0.6 is 0 Å². The second kappa shape index (κ2) is 12.0. The second-order valence-electron chi connectivity index (χ2n) is 5.17. The summed E-state index contributed by atoms with van der Waals surface area (Å²) in [6, 6.07) is 0. The van der Waals surface area contributed by atoms with Gasteiger partial charge in [-0.15, -0.1) is 5.92 Å². The van der Waals surface area contributed by atoms with Gasteiger partial charge in [0.1, 0.15) is 12.7 Å². The maximum absolute atomic E-state index is 11.6. The summed E-state index contributed by atoms with van der Waals surface area (Å²) < 4.78 is 10.8. The molecule has 0 aromatic heterocycles. The minimum Gasteiger partial charge on any atom is -0.378 e. The van der Waals surface area contributed by atoms with Crippen molar-refractivity contribution in [3.05, 3.63) is 0 Å². The number of hydrogen-bond acceptors (Lipinski definition) is 4. The Morgan fingerprint density at radius 3 is 2.68 bits per heavy atom. The molecule has 124 valence electrons. The van der Waals surface area contributed by atoms with Gasteiger partial charge in [-0.05, 0) is 19.3 Å². The summed E-state index contributed by atoms with van der Waals surface area (Å²) in [6.07, 6.45) is 5.12. The molecule has 1 unspecified atom stereocenters.